The second-order valence-electron chi connectivity index (χ2n) is 5.38. The van der Waals surface area contributed by atoms with E-state index in [2.05, 4.69) is 43.1 Å². The molecule has 96 valence electrons. The van der Waals surface area contributed by atoms with Gasteiger partial charge >= 0.3 is 0 Å². The lowest BCUT2D eigenvalue weighted by Gasteiger charge is -2.39. The van der Waals surface area contributed by atoms with Crippen LogP contribution in [0.25, 0.3) is 0 Å². The van der Waals surface area contributed by atoms with Crippen molar-refractivity contribution in [2.24, 2.45) is 5.92 Å². The second kappa shape index (κ2) is 7.25. The van der Waals surface area contributed by atoms with Crippen LogP contribution < -0.4 is 5.32 Å². The third kappa shape index (κ3) is 4.40. The number of hydrogen-bond donors (Lipinski definition) is 1. The fraction of sp³-hybridized carbons (Fsp3) is 1.00. The molecule has 0 aliphatic carbocycles. The summed E-state index contributed by atoms with van der Waals surface area (Å²) >= 11 is 0. The third-order valence-corrected chi connectivity index (χ3v) is 3.55. The van der Waals surface area contributed by atoms with E-state index in [4.69, 9.17) is 0 Å². The Balaban J connectivity index is 2.46. The largest absolute Gasteiger partial charge is 0.316 e. The number of nitrogens with one attached hydrogen (secondary N) is 1. The monoisotopic (exact) mass is 227 g/mol. The molecule has 2 unspecified atom stereocenters. The van der Waals surface area contributed by atoms with Gasteiger partial charge in [-0.05, 0) is 52.5 Å². The van der Waals surface area contributed by atoms with Crippen molar-refractivity contribution < 1.29 is 0 Å². The van der Waals surface area contributed by atoms with Crippen LogP contribution in [0, 0.1) is 5.92 Å². The van der Waals surface area contributed by atoms with Crippen LogP contribution in [0.2, 0.25) is 0 Å². The number of nitrogens with zero attached hydrogens (tertiary/aromatic N) is 2. The molecule has 1 fully saturated rings. The van der Waals surface area contributed by atoms with Gasteiger partial charge in [0.05, 0.1) is 0 Å². The molecule has 0 saturated carbocycles. The quantitative estimate of drug-likeness (QED) is 0.737. The second-order valence-corrected chi connectivity index (χ2v) is 5.38. The molecule has 1 heterocycles. The van der Waals surface area contributed by atoms with Gasteiger partial charge in [0.15, 0.2) is 0 Å². The summed E-state index contributed by atoms with van der Waals surface area (Å²) in [5.74, 6) is 0.794. The van der Waals surface area contributed by atoms with Crippen LogP contribution >= 0.6 is 0 Å². The van der Waals surface area contributed by atoms with Gasteiger partial charge < -0.3 is 10.2 Å². The van der Waals surface area contributed by atoms with Crippen LogP contribution in [0.15, 0.2) is 0 Å². The highest BCUT2D eigenvalue weighted by molar-refractivity contribution is 4.83. The predicted octanol–water partition coefficient (Wildman–Crippen LogP) is 1.26. The van der Waals surface area contributed by atoms with Crippen LogP contribution in [-0.4, -0.2) is 62.7 Å². The zero-order valence-electron chi connectivity index (χ0n) is 11.5. The standard InChI is InChI=1S/C13H29N3/c1-5-8-16(10-9-15(3)4)13-6-7-14-11-12(13)2/h12-14H,5-11H2,1-4H3. The Kier molecular flexibility index (Phi) is 6.32. The summed E-state index contributed by atoms with van der Waals surface area (Å²) < 4.78 is 0. The van der Waals surface area contributed by atoms with Gasteiger partial charge in [-0.2, -0.15) is 0 Å². The Hall–Kier alpha value is -0.120. The molecule has 0 spiro atoms. The van der Waals surface area contributed by atoms with Gasteiger partial charge in [-0.15, -0.1) is 0 Å². The lowest BCUT2D eigenvalue weighted by molar-refractivity contribution is 0.111. The highest BCUT2D eigenvalue weighted by atomic mass is 15.2. The van der Waals surface area contributed by atoms with Crippen molar-refractivity contribution in [1.29, 1.82) is 0 Å². The lowest BCUT2D eigenvalue weighted by Crippen LogP contribution is -2.50. The van der Waals surface area contributed by atoms with E-state index in [1.54, 1.807) is 0 Å². The first-order valence-corrected chi connectivity index (χ1v) is 6.74. The summed E-state index contributed by atoms with van der Waals surface area (Å²) in [6, 6.07) is 0.793. The Bertz CT molecular complexity index is 182. The molecule has 1 N–H and O–H groups in total. The summed E-state index contributed by atoms with van der Waals surface area (Å²) in [7, 11) is 4.33. The van der Waals surface area contributed by atoms with Crippen molar-refractivity contribution in [3.63, 3.8) is 0 Å². The van der Waals surface area contributed by atoms with Crippen molar-refractivity contribution >= 4 is 0 Å². The minimum atomic E-state index is 0.793. The van der Waals surface area contributed by atoms with E-state index in [0.717, 1.165) is 12.0 Å². The van der Waals surface area contributed by atoms with E-state index in [1.807, 2.05) is 0 Å². The molecule has 3 nitrogen and oxygen atoms in total. The maximum Gasteiger partial charge on any atom is 0.0146 e. The van der Waals surface area contributed by atoms with Crippen molar-refractivity contribution in [2.75, 3.05) is 46.8 Å². The fourth-order valence-corrected chi connectivity index (χ4v) is 2.60. The average Bonchev–Trinajstić information content (AvgIpc) is 2.25. The Labute approximate surface area is 101 Å². The maximum atomic E-state index is 3.49. The topological polar surface area (TPSA) is 18.5 Å². The van der Waals surface area contributed by atoms with E-state index in [-0.39, 0.29) is 0 Å². The van der Waals surface area contributed by atoms with E-state index in [1.165, 1.54) is 45.6 Å². The van der Waals surface area contributed by atoms with E-state index < -0.39 is 0 Å². The van der Waals surface area contributed by atoms with Crippen molar-refractivity contribution in [2.45, 2.75) is 32.7 Å². The molecule has 1 rings (SSSR count). The highest BCUT2D eigenvalue weighted by Gasteiger charge is 2.26. The highest BCUT2D eigenvalue weighted by Crippen LogP contribution is 2.17. The molecule has 1 aliphatic rings. The summed E-state index contributed by atoms with van der Waals surface area (Å²) in [6.07, 6.45) is 2.58. The first kappa shape index (κ1) is 13.9. The first-order valence-electron chi connectivity index (χ1n) is 6.74. The SMILES string of the molecule is CCCN(CCN(C)C)C1CCNCC1C. The molecule has 3 heteroatoms. The Morgan fingerprint density at radius 1 is 1.19 bits per heavy atom. The number of likely N-dealkylation sites (N-methyl/N-ethyl adjacent to an activating group) is 1. The molecule has 0 aromatic carbocycles. The Morgan fingerprint density at radius 2 is 1.94 bits per heavy atom. The van der Waals surface area contributed by atoms with Gasteiger partial charge in [-0.25, -0.2) is 0 Å². The molecule has 0 amide bonds. The van der Waals surface area contributed by atoms with Crippen molar-refractivity contribution in [3.05, 3.63) is 0 Å². The third-order valence-electron chi connectivity index (χ3n) is 3.55. The van der Waals surface area contributed by atoms with Gasteiger partial charge in [0, 0.05) is 19.1 Å². The van der Waals surface area contributed by atoms with Crippen LogP contribution in [0.5, 0.6) is 0 Å². The summed E-state index contributed by atoms with van der Waals surface area (Å²) in [4.78, 5) is 4.99. The normalized spacial score (nSPS) is 26.6. The van der Waals surface area contributed by atoms with Gasteiger partial charge in [-0.3, -0.25) is 4.90 Å². The zero-order valence-corrected chi connectivity index (χ0v) is 11.5. The zero-order chi connectivity index (χ0) is 12.0. The molecule has 1 aliphatic heterocycles. The molecule has 0 aromatic heterocycles. The number of piperidine rings is 1. The maximum absolute atomic E-state index is 3.49. The fourth-order valence-electron chi connectivity index (χ4n) is 2.60. The molecule has 16 heavy (non-hydrogen) atoms. The van der Waals surface area contributed by atoms with Crippen LogP contribution in [-0.2, 0) is 0 Å². The molecule has 0 radical (unpaired) electrons. The van der Waals surface area contributed by atoms with Crippen molar-refractivity contribution in [3.8, 4) is 0 Å². The summed E-state index contributed by atoms with van der Waals surface area (Å²) in [6.45, 7) is 10.7. The van der Waals surface area contributed by atoms with Gasteiger partial charge in [0.25, 0.3) is 0 Å². The van der Waals surface area contributed by atoms with Crippen LogP contribution in [0.1, 0.15) is 26.7 Å². The smallest absolute Gasteiger partial charge is 0.0146 e. The minimum Gasteiger partial charge on any atom is -0.316 e. The Morgan fingerprint density at radius 3 is 2.50 bits per heavy atom. The summed E-state index contributed by atoms with van der Waals surface area (Å²) in [5.41, 5.74) is 0. The molecule has 0 bridgehead atoms. The van der Waals surface area contributed by atoms with Crippen LogP contribution in [0.3, 0.4) is 0 Å². The summed E-state index contributed by atoms with van der Waals surface area (Å²) in [5, 5.41) is 3.49. The minimum absolute atomic E-state index is 0.793. The number of rotatable bonds is 6. The van der Waals surface area contributed by atoms with E-state index >= 15 is 0 Å². The predicted molar refractivity (Wildman–Crippen MR) is 70.9 cm³/mol. The lowest BCUT2D eigenvalue weighted by atomic mass is 9.93. The number of hydrogen-bond acceptors (Lipinski definition) is 3. The molecule has 0 aromatic rings. The van der Waals surface area contributed by atoms with Gasteiger partial charge in [-0.1, -0.05) is 13.8 Å². The van der Waals surface area contributed by atoms with Gasteiger partial charge in [0.2, 0.25) is 0 Å². The molecule has 1 saturated heterocycles. The average molecular weight is 227 g/mol. The van der Waals surface area contributed by atoms with E-state index in [0.29, 0.717) is 0 Å². The van der Waals surface area contributed by atoms with Gasteiger partial charge in [0.1, 0.15) is 0 Å². The van der Waals surface area contributed by atoms with Crippen LogP contribution in [0.4, 0.5) is 0 Å². The molecular formula is C13H29N3. The van der Waals surface area contributed by atoms with E-state index in [9.17, 15) is 0 Å². The molecule has 2 atom stereocenters. The van der Waals surface area contributed by atoms with Crippen molar-refractivity contribution in [1.82, 2.24) is 15.1 Å². The first-order chi connectivity index (χ1) is 7.65. The molecular weight excluding hydrogens is 198 g/mol.